The van der Waals surface area contributed by atoms with Crippen molar-refractivity contribution in [1.82, 2.24) is 4.90 Å². The van der Waals surface area contributed by atoms with Crippen molar-refractivity contribution in [3.8, 4) is 11.5 Å². The van der Waals surface area contributed by atoms with Crippen molar-refractivity contribution in [3.05, 3.63) is 53.6 Å². The lowest BCUT2D eigenvalue weighted by Crippen LogP contribution is -2.54. The Balaban J connectivity index is 1.54. The molecule has 0 saturated carbocycles. The molecule has 2 N–H and O–H groups in total. The zero-order valence-electron chi connectivity index (χ0n) is 26.6. The molecular formula is C33H48N2O10. The lowest BCUT2D eigenvalue weighted by molar-refractivity contribution is -0.107. The standard InChI is InChI=1S/C33H48N2O10/c1-39-14-4-12-34-13-17-43-29-11-6-24(18-28(29)34)21-44-30-19-35(33(37)38)20-31(45-23-26(36)22-41-3)32(30)25-7-9-27(10-8-25)42-16-5-15-40-2/h6-11,18,26,30-32,36H,4-5,12-17,19-23H2,1-3H3,(H,37,38)/t26-,30+,31-,32-/m1/s1. The van der Waals surface area contributed by atoms with Gasteiger partial charge < -0.3 is 53.2 Å². The van der Waals surface area contributed by atoms with Gasteiger partial charge in [-0.3, -0.25) is 0 Å². The van der Waals surface area contributed by atoms with Crippen molar-refractivity contribution in [1.29, 1.82) is 0 Å². The Morgan fingerprint density at radius 2 is 1.67 bits per heavy atom. The number of likely N-dealkylation sites (tertiary alicyclic amines) is 1. The van der Waals surface area contributed by atoms with Crippen molar-refractivity contribution >= 4 is 11.8 Å². The van der Waals surface area contributed by atoms with Crippen molar-refractivity contribution in [2.45, 2.75) is 43.7 Å². The molecule has 0 aliphatic carbocycles. The molecule has 12 heteroatoms. The molecule has 1 amide bonds. The molecule has 0 bridgehead atoms. The number of rotatable bonds is 18. The highest BCUT2D eigenvalue weighted by atomic mass is 16.5. The van der Waals surface area contributed by atoms with Crippen LogP contribution in [0.1, 0.15) is 29.9 Å². The zero-order valence-corrected chi connectivity index (χ0v) is 26.6. The van der Waals surface area contributed by atoms with E-state index in [1.54, 1.807) is 14.2 Å². The summed E-state index contributed by atoms with van der Waals surface area (Å²) in [5.74, 6) is 1.27. The maximum Gasteiger partial charge on any atom is 0.407 e. The van der Waals surface area contributed by atoms with Gasteiger partial charge in [0, 0.05) is 53.4 Å². The van der Waals surface area contributed by atoms with E-state index in [2.05, 4.69) is 11.0 Å². The maximum atomic E-state index is 12.2. The molecule has 0 unspecified atom stereocenters. The molecule has 45 heavy (non-hydrogen) atoms. The molecule has 1 fully saturated rings. The van der Waals surface area contributed by atoms with Crippen molar-refractivity contribution in [3.63, 3.8) is 0 Å². The Labute approximate surface area is 265 Å². The molecule has 1 saturated heterocycles. The molecule has 4 atom stereocenters. The normalized spacial score (nSPS) is 20.4. The van der Waals surface area contributed by atoms with Crippen LogP contribution in [0.15, 0.2) is 42.5 Å². The molecule has 250 valence electrons. The molecule has 2 aliphatic heterocycles. The fourth-order valence-electron chi connectivity index (χ4n) is 5.77. The first kappa shape index (κ1) is 34.7. The van der Waals surface area contributed by atoms with Crippen LogP contribution in [0, 0.1) is 0 Å². The molecule has 4 rings (SSSR count). The summed E-state index contributed by atoms with van der Waals surface area (Å²) < 4.78 is 39.9. The number of methoxy groups -OCH3 is 3. The van der Waals surface area contributed by atoms with Gasteiger partial charge in [-0.2, -0.15) is 0 Å². The SMILES string of the molecule is COCCCOc1ccc([C@@H]2[C@@H](OCc3ccc4c(c3)N(CCCOC)CCO4)CN(C(=O)O)C[C@H]2OC[C@H](O)COC)cc1. The van der Waals surface area contributed by atoms with Gasteiger partial charge in [0.15, 0.2) is 0 Å². The van der Waals surface area contributed by atoms with E-state index in [1.165, 1.54) is 12.0 Å². The van der Waals surface area contributed by atoms with E-state index >= 15 is 0 Å². The molecule has 12 nitrogen and oxygen atoms in total. The van der Waals surface area contributed by atoms with E-state index in [1.807, 2.05) is 36.4 Å². The number of amides is 1. The predicted octanol–water partition coefficient (Wildman–Crippen LogP) is 3.39. The van der Waals surface area contributed by atoms with Crippen LogP contribution in [0.3, 0.4) is 0 Å². The van der Waals surface area contributed by atoms with Gasteiger partial charge in [-0.05, 0) is 41.8 Å². The summed E-state index contributed by atoms with van der Waals surface area (Å²) in [6.45, 7) is 4.81. The molecule has 2 aliphatic rings. The number of hydrogen-bond donors (Lipinski definition) is 2. The minimum Gasteiger partial charge on any atom is -0.494 e. The lowest BCUT2D eigenvalue weighted by atomic mass is 9.84. The summed E-state index contributed by atoms with van der Waals surface area (Å²) in [5.41, 5.74) is 2.90. The number of aliphatic hydroxyl groups excluding tert-OH is 1. The smallest absolute Gasteiger partial charge is 0.407 e. The number of benzene rings is 2. The first-order valence-electron chi connectivity index (χ1n) is 15.5. The second kappa shape index (κ2) is 18.1. The first-order valence-corrected chi connectivity index (χ1v) is 15.5. The summed E-state index contributed by atoms with van der Waals surface area (Å²) in [4.78, 5) is 15.8. The van der Waals surface area contributed by atoms with Crippen molar-refractivity contribution in [2.75, 3.05) is 92.0 Å². The Morgan fingerprint density at radius 3 is 2.38 bits per heavy atom. The molecule has 2 aromatic carbocycles. The fraction of sp³-hybridized carbons (Fsp3) is 0.606. The van der Waals surface area contributed by atoms with Crippen LogP contribution in [-0.2, 0) is 30.3 Å². The summed E-state index contributed by atoms with van der Waals surface area (Å²) in [6.07, 6.45) is -1.29. The number of aliphatic hydroxyl groups is 1. The van der Waals surface area contributed by atoms with Gasteiger partial charge in [-0.1, -0.05) is 18.2 Å². The van der Waals surface area contributed by atoms with Crippen LogP contribution >= 0.6 is 0 Å². The Kier molecular flexibility index (Phi) is 14.0. The zero-order chi connectivity index (χ0) is 32.0. The second-order valence-electron chi connectivity index (χ2n) is 11.3. The number of carbonyl (C=O) groups is 1. The third-order valence-corrected chi connectivity index (χ3v) is 7.98. The number of nitrogens with zero attached hydrogens (tertiary/aromatic N) is 2. The molecule has 0 radical (unpaired) electrons. The van der Waals surface area contributed by atoms with Crippen molar-refractivity contribution in [2.24, 2.45) is 0 Å². The van der Waals surface area contributed by atoms with E-state index in [4.69, 9.17) is 33.2 Å². The van der Waals surface area contributed by atoms with E-state index in [0.29, 0.717) is 26.4 Å². The first-order chi connectivity index (χ1) is 21.9. The van der Waals surface area contributed by atoms with Gasteiger partial charge in [0.05, 0.1) is 64.0 Å². The van der Waals surface area contributed by atoms with Crippen LogP contribution in [-0.4, -0.2) is 127 Å². The number of piperidine rings is 1. The predicted molar refractivity (Wildman–Crippen MR) is 168 cm³/mol. The highest BCUT2D eigenvalue weighted by molar-refractivity contribution is 5.65. The topological polar surface area (TPSA) is 129 Å². The number of fused-ring (bicyclic) bond motifs is 1. The summed E-state index contributed by atoms with van der Waals surface area (Å²) >= 11 is 0. The molecule has 0 spiro atoms. The van der Waals surface area contributed by atoms with Gasteiger partial charge >= 0.3 is 6.09 Å². The van der Waals surface area contributed by atoms with Gasteiger partial charge in [0.25, 0.3) is 0 Å². The number of anilines is 1. The Morgan fingerprint density at radius 1 is 0.933 bits per heavy atom. The maximum absolute atomic E-state index is 12.2. The number of carboxylic acid groups (broad SMARTS) is 1. The largest absolute Gasteiger partial charge is 0.494 e. The minimum absolute atomic E-state index is 0.000389. The molecule has 2 heterocycles. The monoisotopic (exact) mass is 632 g/mol. The molecule has 0 aromatic heterocycles. The van der Waals surface area contributed by atoms with E-state index in [0.717, 1.165) is 54.2 Å². The summed E-state index contributed by atoms with van der Waals surface area (Å²) in [6, 6.07) is 13.8. The average molecular weight is 633 g/mol. The van der Waals surface area contributed by atoms with E-state index < -0.39 is 24.4 Å². The van der Waals surface area contributed by atoms with Crippen LogP contribution in [0.5, 0.6) is 11.5 Å². The molecule has 2 aromatic rings. The van der Waals surface area contributed by atoms with Gasteiger partial charge in [-0.25, -0.2) is 4.79 Å². The molecular weight excluding hydrogens is 584 g/mol. The van der Waals surface area contributed by atoms with Crippen LogP contribution in [0.4, 0.5) is 10.5 Å². The third-order valence-electron chi connectivity index (χ3n) is 7.98. The van der Waals surface area contributed by atoms with Crippen LogP contribution in [0.2, 0.25) is 0 Å². The lowest BCUT2D eigenvalue weighted by Gasteiger charge is -2.43. The fourth-order valence-corrected chi connectivity index (χ4v) is 5.77. The highest BCUT2D eigenvalue weighted by Gasteiger charge is 2.41. The summed E-state index contributed by atoms with van der Waals surface area (Å²) in [7, 11) is 4.87. The average Bonchev–Trinajstić information content (AvgIpc) is 3.05. The number of hydrogen-bond acceptors (Lipinski definition) is 10. The van der Waals surface area contributed by atoms with Crippen molar-refractivity contribution < 1.29 is 48.2 Å². The summed E-state index contributed by atoms with van der Waals surface area (Å²) in [5, 5.41) is 20.3. The van der Waals surface area contributed by atoms with Gasteiger partial charge in [0.2, 0.25) is 0 Å². The Bertz CT molecular complexity index is 1170. The Hall–Kier alpha value is -3.13. The van der Waals surface area contributed by atoms with Crippen LogP contribution in [0.25, 0.3) is 0 Å². The quantitative estimate of drug-likeness (QED) is 0.235. The van der Waals surface area contributed by atoms with E-state index in [9.17, 15) is 15.0 Å². The minimum atomic E-state index is -1.05. The van der Waals surface area contributed by atoms with E-state index in [-0.39, 0.29) is 38.8 Å². The highest BCUT2D eigenvalue weighted by Crippen LogP contribution is 2.36. The van der Waals surface area contributed by atoms with Crippen LogP contribution < -0.4 is 14.4 Å². The third kappa shape index (κ3) is 10.2. The van der Waals surface area contributed by atoms with Gasteiger partial charge in [0.1, 0.15) is 24.2 Å². The van der Waals surface area contributed by atoms with Gasteiger partial charge in [-0.15, -0.1) is 0 Å². The number of ether oxygens (including phenoxy) is 7. The second-order valence-corrected chi connectivity index (χ2v) is 11.3.